The smallest absolute Gasteiger partial charge is 0.314 e. The van der Waals surface area contributed by atoms with Crippen molar-refractivity contribution >= 4 is 17.7 Å². The quantitative estimate of drug-likeness (QED) is 0.652. The van der Waals surface area contributed by atoms with Gasteiger partial charge in [-0.05, 0) is 49.6 Å². The molecule has 0 unspecified atom stereocenters. The highest BCUT2D eigenvalue weighted by Gasteiger charge is 2.21. The molecule has 1 heterocycles. The van der Waals surface area contributed by atoms with Crippen LogP contribution in [0, 0.1) is 0 Å². The molecule has 1 atom stereocenters. The fraction of sp³-hybridized carbons (Fsp3) is 0.318. The zero-order chi connectivity index (χ0) is 21.7. The van der Waals surface area contributed by atoms with Crippen LogP contribution in [0.15, 0.2) is 42.5 Å². The largest absolute Gasteiger partial charge is 0.507 e. The summed E-state index contributed by atoms with van der Waals surface area (Å²) in [6.07, 6.45) is 2.17. The maximum atomic E-state index is 12.7. The van der Waals surface area contributed by atoms with Crippen molar-refractivity contribution in [2.75, 3.05) is 20.2 Å². The van der Waals surface area contributed by atoms with Crippen LogP contribution in [0.3, 0.4) is 0 Å². The number of methoxy groups -OCH3 is 1. The number of hydrogen-bond acceptors (Lipinski definition) is 5. The number of carbonyl (C=O) groups excluding carboxylic acids is 3. The fourth-order valence-electron chi connectivity index (χ4n) is 3.48. The molecule has 1 fully saturated rings. The third-order valence-corrected chi connectivity index (χ3v) is 5.23. The SMILES string of the molecule is COc1ccc(O)c(C(=O)c2ccc(C(=O)N[C@H]3CCCN(C(N)=O)CC3)cc2)c1. The van der Waals surface area contributed by atoms with E-state index in [9.17, 15) is 19.5 Å². The number of benzene rings is 2. The second-order valence-corrected chi connectivity index (χ2v) is 7.22. The minimum Gasteiger partial charge on any atom is -0.507 e. The summed E-state index contributed by atoms with van der Waals surface area (Å²) in [5.41, 5.74) is 6.24. The summed E-state index contributed by atoms with van der Waals surface area (Å²) in [4.78, 5) is 38.2. The molecule has 2 aromatic rings. The number of amides is 3. The number of likely N-dealkylation sites (tertiary alicyclic amines) is 1. The van der Waals surface area contributed by atoms with Gasteiger partial charge in [0.15, 0.2) is 5.78 Å². The Labute approximate surface area is 174 Å². The standard InChI is InChI=1S/C22H25N3O5/c1-30-17-8-9-19(26)18(13-17)20(27)14-4-6-15(7-5-14)21(28)24-16-3-2-11-25(12-10-16)22(23)29/h4-9,13,16,26H,2-3,10-12H2,1H3,(H2,23,29)(H,24,28)/t16-/m0/s1. The number of urea groups is 1. The van der Waals surface area contributed by atoms with Crippen molar-refractivity contribution in [2.45, 2.75) is 25.3 Å². The van der Waals surface area contributed by atoms with Crippen LogP contribution >= 0.6 is 0 Å². The lowest BCUT2D eigenvalue weighted by Crippen LogP contribution is -2.38. The van der Waals surface area contributed by atoms with Gasteiger partial charge in [0.25, 0.3) is 5.91 Å². The second-order valence-electron chi connectivity index (χ2n) is 7.22. The van der Waals surface area contributed by atoms with E-state index in [-0.39, 0.29) is 29.0 Å². The molecule has 0 saturated carbocycles. The molecule has 3 amide bonds. The van der Waals surface area contributed by atoms with E-state index in [1.54, 1.807) is 35.2 Å². The molecule has 4 N–H and O–H groups in total. The van der Waals surface area contributed by atoms with Crippen LogP contribution < -0.4 is 15.8 Å². The van der Waals surface area contributed by atoms with E-state index in [0.29, 0.717) is 36.4 Å². The van der Waals surface area contributed by atoms with E-state index in [1.807, 2.05) is 0 Å². The first kappa shape index (κ1) is 21.2. The lowest BCUT2D eigenvalue weighted by atomic mass is 10.0. The Morgan fingerprint density at radius 3 is 2.43 bits per heavy atom. The Kier molecular flexibility index (Phi) is 6.56. The molecule has 30 heavy (non-hydrogen) atoms. The summed E-state index contributed by atoms with van der Waals surface area (Å²) < 4.78 is 5.10. The van der Waals surface area contributed by atoms with Crippen LogP contribution in [0.1, 0.15) is 45.5 Å². The maximum absolute atomic E-state index is 12.7. The van der Waals surface area contributed by atoms with E-state index in [1.165, 1.54) is 19.2 Å². The summed E-state index contributed by atoms with van der Waals surface area (Å²) in [6.45, 7) is 1.10. The average molecular weight is 411 g/mol. The number of rotatable bonds is 5. The van der Waals surface area contributed by atoms with Crippen molar-refractivity contribution in [2.24, 2.45) is 5.73 Å². The second kappa shape index (κ2) is 9.30. The Morgan fingerprint density at radius 2 is 1.77 bits per heavy atom. The first-order valence-corrected chi connectivity index (χ1v) is 9.76. The third-order valence-electron chi connectivity index (χ3n) is 5.23. The van der Waals surface area contributed by atoms with Gasteiger partial charge in [0.1, 0.15) is 11.5 Å². The van der Waals surface area contributed by atoms with Crippen LogP contribution in [-0.2, 0) is 0 Å². The van der Waals surface area contributed by atoms with Gasteiger partial charge in [0.2, 0.25) is 0 Å². The highest BCUT2D eigenvalue weighted by Crippen LogP contribution is 2.25. The summed E-state index contributed by atoms with van der Waals surface area (Å²) >= 11 is 0. The number of ether oxygens (including phenoxy) is 1. The van der Waals surface area contributed by atoms with Gasteiger partial charge in [-0.15, -0.1) is 0 Å². The first-order valence-electron chi connectivity index (χ1n) is 9.76. The molecule has 158 valence electrons. The van der Waals surface area contributed by atoms with E-state index < -0.39 is 6.03 Å². The number of aromatic hydroxyl groups is 1. The predicted octanol–water partition coefficient (Wildman–Crippen LogP) is 2.29. The Hall–Kier alpha value is -3.55. The van der Waals surface area contributed by atoms with Crippen LogP contribution in [-0.4, -0.2) is 54.0 Å². The fourth-order valence-corrected chi connectivity index (χ4v) is 3.48. The van der Waals surface area contributed by atoms with E-state index in [4.69, 9.17) is 10.5 Å². The van der Waals surface area contributed by atoms with Crippen molar-refractivity contribution in [1.82, 2.24) is 10.2 Å². The summed E-state index contributed by atoms with van der Waals surface area (Å²) in [6, 6.07) is 10.2. The predicted molar refractivity (Wildman–Crippen MR) is 111 cm³/mol. The molecule has 1 saturated heterocycles. The topological polar surface area (TPSA) is 122 Å². The molecule has 1 aliphatic heterocycles. The summed E-state index contributed by atoms with van der Waals surface area (Å²) in [7, 11) is 1.48. The van der Waals surface area contributed by atoms with Gasteiger partial charge in [-0.25, -0.2) is 4.79 Å². The van der Waals surface area contributed by atoms with Crippen molar-refractivity contribution in [3.8, 4) is 11.5 Å². The van der Waals surface area contributed by atoms with Crippen molar-refractivity contribution < 1.29 is 24.2 Å². The maximum Gasteiger partial charge on any atom is 0.314 e. The highest BCUT2D eigenvalue weighted by atomic mass is 16.5. The van der Waals surface area contributed by atoms with Gasteiger partial charge in [0.05, 0.1) is 12.7 Å². The number of phenolic OH excluding ortho intramolecular Hbond substituents is 1. The first-order chi connectivity index (χ1) is 14.4. The van der Waals surface area contributed by atoms with Gasteiger partial charge in [-0.2, -0.15) is 0 Å². The third kappa shape index (κ3) is 4.89. The molecule has 0 aromatic heterocycles. The van der Waals surface area contributed by atoms with Gasteiger partial charge in [0, 0.05) is 30.3 Å². The molecule has 1 aliphatic rings. The molecule has 3 rings (SSSR count). The molecule has 8 nitrogen and oxygen atoms in total. The highest BCUT2D eigenvalue weighted by molar-refractivity contribution is 6.11. The number of nitrogens with zero attached hydrogens (tertiary/aromatic N) is 1. The van der Waals surface area contributed by atoms with Gasteiger partial charge in [-0.1, -0.05) is 12.1 Å². The molecule has 0 spiro atoms. The molecular weight excluding hydrogens is 386 g/mol. The minimum atomic E-state index is -0.440. The number of primary amides is 1. The summed E-state index contributed by atoms with van der Waals surface area (Å²) in [5, 5.41) is 13.0. The summed E-state index contributed by atoms with van der Waals surface area (Å²) in [5.74, 6) is -0.282. The normalized spacial score (nSPS) is 16.4. The minimum absolute atomic E-state index is 0.0445. The number of hydrogen-bond donors (Lipinski definition) is 3. The Bertz CT molecular complexity index is 942. The van der Waals surface area contributed by atoms with E-state index >= 15 is 0 Å². The number of ketones is 1. The molecule has 2 aromatic carbocycles. The number of phenols is 1. The van der Waals surface area contributed by atoms with Crippen LogP contribution in [0.2, 0.25) is 0 Å². The number of carbonyl (C=O) groups is 3. The van der Waals surface area contributed by atoms with Crippen molar-refractivity contribution in [3.63, 3.8) is 0 Å². The number of nitrogens with two attached hydrogens (primary N) is 1. The van der Waals surface area contributed by atoms with Gasteiger partial charge >= 0.3 is 6.03 Å². The Morgan fingerprint density at radius 1 is 1.07 bits per heavy atom. The Balaban J connectivity index is 1.66. The zero-order valence-corrected chi connectivity index (χ0v) is 16.8. The van der Waals surface area contributed by atoms with E-state index in [2.05, 4.69) is 5.32 Å². The van der Waals surface area contributed by atoms with Crippen LogP contribution in [0.4, 0.5) is 4.79 Å². The molecule has 0 aliphatic carbocycles. The molecular formula is C22H25N3O5. The van der Waals surface area contributed by atoms with Crippen molar-refractivity contribution in [1.29, 1.82) is 0 Å². The van der Waals surface area contributed by atoms with Crippen molar-refractivity contribution in [3.05, 3.63) is 59.2 Å². The van der Waals surface area contributed by atoms with Crippen LogP contribution in [0.25, 0.3) is 0 Å². The number of nitrogens with one attached hydrogen (secondary N) is 1. The lowest BCUT2D eigenvalue weighted by Gasteiger charge is -2.18. The molecule has 0 radical (unpaired) electrons. The van der Waals surface area contributed by atoms with Crippen LogP contribution in [0.5, 0.6) is 11.5 Å². The zero-order valence-electron chi connectivity index (χ0n) is 16.8. The van der Waals surface area contributed by atoms with Gasteiger partial charge in [-0.3, -0.25) is 9.59 Å². The molecule has 0 bridgehead atoms. The monoisotopic (exact) mass is 411 g/mol. The van der Waals surface area contributed by atoms with Gasteiger partial charge < -0.3 is 25.8 Å². The average Bonchev–Trinajstić information content (AvgIpc) is 2.99. The molecule has 8 heteroatoms. The lowest BCUT2D eigenvalue weighted by molar-refractivity contribution is 0.0932. The van der Waals surface area contributed by atoms with E-state index in [0.717, 1.165) is 12.8 Å².